The fraction of sp³-hybridized carbons (Fsp3) is 0.391. The van der Waals surface area contributed by atoms with Gasteiger partial charge >= 0.3 is 0 Å². The van der Waals surface area contributed by atoms with Crippen molar-refractivity contribution in [3.8, 4) is 0 Å². The van der Waals surface area contributed by atoms with Gasteiger partial charge in [-0.2, -0.15) is 0 Å². The van der Waals surface area contributed by atoms with Gasteiger partial charge in [-0.05, 0) is 48.2 Å². The van der Waals surface area contributed by atoms with Crippen molar-refractivity contribution in [2.75, 3.05) is 12.3 Å². The largest absolute Gasteiger partial charge is 0.354 e. The predicted octanol–water partition coefficient (Wildman–Crippen LogP) is 4.90. The Morgan fingerprint density at radius 2 is 1.80 bits per heavy atom. The first-order chi connectivity index (χ1) is 14.3. The van der Waals surface area contributed by atoms with Gasteiger partial charge in [0.05, 0.1) is 5.75 Å². The number of rotatable bonds is 10. The normalized spacial score (nSPS) is 11.9. The molecule has 2 rings (SSSR count). The summed E-state index contributed by atoms with van der Waals surface area (Å²) < 4.78 is 13.0. The van der Waals surface area contributed by atoms with E-state index >= 15 is 0 Å². The summed E-state index contributed by atoms with van der Waals surface area (Å²) in [4.78, 5) is 27.2. The molecule has 0 saturated heterocycles. The molecule has 2 amide bonds. The monoisotopic (exact) mass is 450 g/mol. The zero-order valence-electron chi connectivity index (χ0n) is 17.5. The standard InChI is InChI=1S/C23H28ClFN2O2S/c1-16(2)12-26-23(29)17(3)27(13-19-5-4-6-20(24)11-19)22(28)15-30-14-18-7-9-21(25)10-8-18/h4-11,16-17H,12-15H2,1-3H3,(H,26,29). The number of hydrogen-bond donors (Lipinski definition) is 1. The Bertz CT molecular complexity index is 845. The molecular formula is C23H28ClFN2O2S. The lowest BCUT2D eigenvalue weighted by Gasteiger charge is -2.29. The number of halogens is 2. The van der Waals surface area contributed by atoms with Crippen molar-refractivity contribution in [2.24, 2.45) is 5.92 Å². The molecule has 0 aliphatic rings. The minimum atomic E-state index is -0.610. The van der Waals surface area contributed by atoms with E-state index in [1.165, 1.54) is 23.9 Å². The number of nitrogens with one attached hydrogen (secondary N) is 1. The van der Waals surface area contributed by atoms with Crippen LogP contribution in [0.2, 0.25) is 5.02 Å². The average Bonchev–Trinajstić information content (AvgIpc) is 2.71. The Labute approximate surface area is 187 Å². The molecule has 1 unspecified atom stereocenters. The molecule has 162 valence electrons. The fourth-order valence-electron chi connectivity index (χ4n) is 2.79. The highest BCUT2D eigenvalue weighted by Crippen LogP contribution is 2.18. The van der Waals surface area contributed by atoms with Gasteiger partial charge in [0.15, 0.2) is 0 Å². The van der Waals surface area contributed by atoms with E-state index in [0.717, 1.165) is 11.1 Å². The summed E-state index contributed by atoms with van der Waals surface area (Å²) in [5.74, 6) is 0.542. The van der Waals surface area contributed by atoms with Crippen LogP contribution in [0, 0.1) is 11.7 Å². The number of nitrogens with zero attached hydrogens (tertiary/aromatic N) is 1. The number of benzene rings is 2. The van der Waals surface area contributed by atoms with Gasteiger partial charge in [0.2, 0.25) is 11.8 Å². The van der Waals surface area contributed by atoms with Crippen molar-refractivity contribution in [1.82, 2.24) is 10.2 Å². The molecule has 30 heavy (non-hydrogen) atoms. The maximum absolute atomic E-state index is 13.0. The number of hydrogen-bond acceptors (Lipinski definition) is 3. The molecule has 2 aromatic carbocycles. The number of thioether (sulfide) groups is 1. The number of amides is 2. The lowest BCUT2D eigenvalue weighted by atomic mass is 10.1. The SMILES string of the molecule is CC(C)CNC(=O)C(C)N(Cc1cccc(Cl)c1)C(=O)CSCc1ccc(F)cc1. The Morgan fingerprint density at radius 3 is 2.43 bits per heavy atom. The van der Waals surface area contributed by atoms with Crippen LogP contribution in [-0.2, 0) is 21.9 Å². The van der Waals surface area contributed by atoms with E-state index < -0.39 is 6.04 Å². The van der Waals surface area contributed by atoms with Gasteiger partial charge in [-0.3, -0.25) is 9.59 Å². The molecule has 0 heterocycles. The van der Waals surface area contributed by atoms with Crippen LogP contribution in [0.25, 0.3) is 0 Å². The molecule has 1 N–H and O–H groups in total. The third kappa shape index (κ3) is 8.00. The minimum Gasteiger partial charge on any atom is -0.354 e. The topological polar surface area (TPSA) is 49.4 Å². The van der Waals surface area contributed by atoms with E-state index in [-0.39, 0.29) is 23.4 Å². The van der Waals surface area contributed by atoms with Crippen molar-refractivity contribution in [3.63, 3.8) is 0 Å². The highest BCUT2D eigenvalue weighted by Gasteiger charge is 2.26. The summed E-state index contributed by atoms with van der Waals surface area (Å²) >= 11 is 7.52. The fourth-order valence-corrected chi connectivity index (χ4v) is 3.87. The first-order valence-electron chi connectivity index (χ1n) is 9.90. The lowest BCUT2D eigenvalue weighted by molar-refractivity contribution is -0.138. The molecule has 2 aromatic rings. The summed E-state index contributed by atoms with van der Waals surface area (Å²) in [5, 5.41) is 3.49. The van der Waals surface area contributed by atoms with Crippen molar-refractivity contribution in [2.45, 2.75) is 39.1 Å². The molecule has 0 aliphatic heterocycles. The summed E-state index contributed by atoms with van der Waals surface area (Å²) in [6.45, 7) is 6.63. The molecule has 0 bridgehead atoms. The van der Waals surface area contributed by atoms with Gasteiger partial charge in [-0.1, -0.05) is 49.7 Å². The molecule has 0 aromatic heterocycles. The third-order valence-corrected chi connectivity index (χ3v) is 5.72. The van der Waals surface area contributed by atoms with E-state index in [1.807, 2.05) is 26.0 Å². The van der Waals surface area contributed by atoms with Crippen LogP contribution in [0.5, 0.6) is 0 Å². The van der Waals surface area contributed by atoms with Gasteiger partial charge in [0.25, 0.3) is 0 Å². The van der Waals surface area contributed by atoms with Crippen LogP contribution < -0.4 is 5.32 Å². The summed E-state index contributed by atoms with van der Waals surface area (Å²) in [6, 6.07) is 12.9. The van der Waals surface area contributed by atoms with Crippen LogP contribution in [0.1, 0.15) is 31.9 Å². The predicted molar refractivity (Wildman–Crippen MR) is 122 cm³/mol. The quantitative estimate of drug-likeness (QED) is 0.560. The highest BCUT2D eigenvalue weighted by atomic mass is 35.5. The van der Waals surface area contributed by atoms with E-state index in [1.54, 1.807) is 36.1 Å². The molecule has 7 heteroatoms. The maximum atomic E-state index is 13.0. The van der Waals surface area contributed by atoms with E-state index in [2.05, 4.69) is 5.32 Å². The zero-order chi connectivity index (χ0) is 22.1. The highest BCUT2D eigenvalue weighted by molar-refractivity contribution is 7.99. The minimum absolute atomic E-state index is 0.130. The van der Waals surface area contributed by atoms with Gasteiger partial charge in [0.1, 0.15) is 11.9 Å². The molecule has 0 fully saturated rings. The second-order valence-corrected chi connectivity index (χ2v) is 9.01. The second kappa shape index (κ2) is 12.0. The molecule has 0 saturated carbocycles. The molecule has 4 nitrogen and oxygen atoms in total. The third-order valence-electron chi connectivity index (χ3n) is 4.50. The van der Waals surface area contributed by atoms with Gasteiger partial charge in [0, 0.05) is 23.9 Å². The molecule has 0 aliphatic carbocycles. The maximum Gasteiger partial charge on any atom is 0.242 e. The van der Waals surface area contributed by atoms with Gasteiger partial charge < -0.3 is 10.2 Å². The van der Waals surface area contributed by atoms with Crippen molar-refractivity contribution in [3.05, 3.63) is 70.5 Å². The Kier molecular flexibility index (Phi) is 9.66. The Hall–Kier alpha value is -2.05. The van der Waals surface area contributed by atoms with Crippen molar-refractivity contribution >= 4 is 35.2 Å². The molecule has 1 atom stereocenters. The summed E-state index contributed by atoms with van der Waals surface area (Å²) in [5.41, 5.74) is 1.81. The number of carbonyl (C=O) groups excluding carboxylic acids is 2. The van der Waals surface area contributed by atoms with Gasteiger partial charge in [-0.25, -0.2) is 4.39 Å². The van der Waals surface area contributed by atoms with Crippen molar-refractivity contribution < 1.29 is 14.0 Å². The van der Waals surface area contributed by atoms with Gasteiger partial charge in [-0.15, -0.1) is 11.8 Å². The van der Waals surface area contributed by atoms with Crippen LogP contribution in [-0.4, -0.2) is 35.1 Å². The lowest BCUT2D eigenvalue weighted by Crippen LogP contribution is -2.48. The number of carbonyl (C=O) groups is 2. The summed E-state index contributed by atoms with van der Waals surface area (Å²) in [6.07, 6.45) is 0. The van der Waals surface area contributed by atoms with Crippen LogP contribution >= 0.6 is 23.4 Å². The van der Waals surface area contributed by atoms with E-state index in [0.29, 0.717) is 29.8 Å². The van der Waals surface area contributed by atoms with Crippen LogP contribution in [0.4, 0.5) is 4.39 Å². The summed E-state index contributed by atoms with van der Waals surface area (Å²) in [7, 11) is 0. The first kappa shape index (κ1) is 24.2. The zero-order valence-corrected chi connectivity index (χ0v) is 19.1. The molecular weight excluding hydrogens is 423 g/mol. The van der Waals surface area contributed by atoms with Crippen molar-refractivity contribution in [1.29, 1.82) is 0 Å². The van der Waals surface area contributed by atoms with Crippen LogP contribution in [0.15, 0.2) is 48.5 Å². The average molecular weight is 451 g/mol. The first-order valence-corrected chi connectivity index (χ1v) is 11.4. The molecule has 0 spiro atoms. The van der Waals surface area contributed by atoms with E-state index in [9.17, 15) is 14.0 Å². The molecule has 0 radical (unpaired) electrons. The second-order valence-electron chi connectivity index (χ2n) is 7.59. The smallest absolute Gasteiger partial charge is 0.242 e. The van der Waals surface area contributed by atoms with Crippen LogP contribution in [0.3, 0.4) is 0 Å². The Morgan fingerprint density at radius 1 is 1.10 bits per heavy atom. The van der Waals surface area contributed by atoms with E-state index in [4.69, 9.17) is 11.6 Å². The Balaban J connectivity index is 2.05.